The lowest BCUT2D eigenvalue weighted by Gasteiger charge is -2.35. The molecule has 4 aromatic heterocycles. The fraction of sp³-hybridized carbons (Fsp3) is 0.393. The molecule has 384 valence electrons. The number of furan rings is 1. The number of aryl methyl sites for hydroxylation is 3. The second-order valence-electron chi connectivity index (χ2n) is 21.0. The second kappa shape index (κ2) is 20.3. The number of halogens is 1. The molecule has 7 aromatic rings. The molecule has 0 radical (unpaired) electrons. The van der Waals surface area contributed by atoms with Crippen LogP contribution in [-0.2, 0) is 14.4 Å². The van der Waals surface area contributed by atoms with Crippen molar-refractivity contribution in [2.45, 2.75) is 124 Å². The van der Waals surface area contributed by atoms with Gasteiger partial charge in [0, 0.05) is 52.2 Å². The number of fused-ring (bicyclic) bond motifs is 4. The summed E-state index contributed by atoms with van der Waals surface area (Å²) in [6, 6.07) is 19.6. The van der Waals surface area contributed by atoms with E-state index >= 15 is 0 Å². The third kappa shape index (κ3) is 10.2. The number of nitrogens with one attached hydrogen (secondary N) is 2. The molecule has 0 bridgehead atoms. The number of carbonyl (C=O) groups excluding carboxylic acids is 4. The number of ether oxygens (including phenoxy) is 1. The van der Waals surface area contributed by atoms with E-state index in [0.29, 0.717) is 46.8 Å². The number of aliphatic hydroxyl groups excluding tert-OH is 1. The number of benzene rings is 3. The lowest BCUT2D eigenvalue weighted by molar-refractivity contribution is -0.142. The summed E-state index contributed by atoms with van der Waals surface area (Å²) >= 11 is 9.53. The van der Waals surface area contributed by atoms with Gasteiger partial charge in [0.2, 0.25) is 11.8 Å². The first kappa shape index (κ1) is 51.0. The van der Waals surface area contributed by atoms with Gasteiger partial charge >= 0.3 is 0 Å². The van der Waals surface area contributed by atoms with Gasteiger partial charge in [-0.05, 0) is 112 Å². The first-order valence-corrected chi connectivity index (χ1v) is 27.1. The Hall–Kier alpha value is -6.53. The highest BCUT2D eigenvalue weighted by atomic mass is 35.5. The van der Waals surface area contributed by atoms with Gasteiger partial charge in [-0.1, -0.05) is 68.8 Å². The SMILES string of the molecule is Cc1ncsc1-c1ccc([C@H](C)NC(=O)[C@H]2C[C@H](O)CN2C(=O)[C@@H](NC(=O)c2cc3cc(OC4CC(CC(=O)C[C@@H]5N=C(c6ccc(Cl)cc6)c6c(sc(C)c6C)-n6c(C)nnc65)C4)ccc3o2)C(C)(C)C)cc1. The minimum absolute atomic E-state index is 0.00933. The highest BCUT2D eigenvalue weighted by Crippen LogP contribution is 2.41. The number of aliphatic imine (C=N–C) groups is 1. The van der Waals surface area contributed by atoms with E-state index < -0.39 is 41.5 Å². The fourth-order valence-corrected chi connectivity index (χ4v) is 12.5. The summed E-state index contributed by atoms with van der Waals surface area (Å²) in [7, 11) is 0. The number of thiophene rings is 1. The van der Waals surface area contributed by atoms with Gasteiger partial charge in [-0.25, -0.2) is 4.98 Å². The van der Waals surface area contributed by atoms with Crippen molar-refractivity contribution in [2.24, 2.45) is 16.3 Å². The number of thiazole rings is 1. The zero-order valence-electron chi connectivity index (χ0n) is 42.6. The molecule has 3 amide bonds. The minimum atomic E-state index is -1.06. The van der Waals surface area contributed by atoms with Crippen LogP contribution in [0.25, 0.3) is 26.4 Å². The van der Waals surface area contributed by atoms with Crippen LogP contribution in [0.15, 0.2) is 87.7 Å². The van der Waals surface area contributed by atoms with Gasteiger partial charge in [-0.15, -0.1) is 32.9 Å². The molecule has 1 aliphatic carbocycles. The van der Waals surface area contributed by atoms with Gasteiger partial charge in [0.1, 0.15) is 46.1 Å². The average Bonchev–Trinajstić information content (AvgIpc) is 4.19. The Kier molecular flexibility index (Phi) is 14.0. The molecule has 0 unspecified atom stereocenters. The van der Waals surface area contributed by atoms with E-state index in [4.69, 9.17) is 25.7 Å². The van der Waals surface area contributed by atoms with E-state index in [1.807, 2.05) is 102 Å². The van der Waals surface area contributed by atoms with Gasteiger partial charge < -0.3 is 29.8 Å². The molecule has 3 aliphatic rings. The number of rotatable bonds is 14. The maximum Gasteiger partial charge on any atom is 0.287 e. The lowest BCUT2D eigenvalue weighted by Crippen LogP contribution is -2.57. The van der Waals surface area contributed by atoms with Crippen LogP contribution in [0.2, 0.25) is 5.02 Å². The number of β-amino-alcohol motifs (C(OH)–C–C–N with tert-alkyl or cyclic N) is 1. The van der Waals surface area contributed by atoms with Crippen molar-refractivity contribution in [2.75, 3.05) is 6.54 Å². The topological polar surface area (TPSA) is 194 Å². The zero-order valence-corrected chi connectivity index (χ0v) is 45.0. The number of ketones is 1. The molecular weight excluding hydrogens is 996 g/mol. The Morgan fingerprint density at radius 1 is 0.919 bits per heavy atom. The number of aliphatic hydroxyl groups is 1. The summed E-state index contributed by atoms with van der Waals surface area (Å²) < 4.78 is 14.4. The molecule has 2 fully saturated rings. The number of nitrogens with zero attached hydrogens (tertiary/aromatic N) is 6. The van der Waals surface area contributed by atoms with Gasteiger partial charge in [-0.3, -0.25) is 28.7 Å². The molecule has 5 atom stereocenters. The Labute approximate surface area is 442 Å². The maximum absolute atomic E-state index is 14.4. The molecule has 1 saturated heterocycles. The number of Topliss-reactive ketones (excluding diaryl/α,β-unsaturated/α-hetero) is 1. The first-order valence-electron chi connectivity index (χ1n) is 25.0. The average molecular weight is 1060 g/mol. The summed E-state index contributed by atoms with van der Waals surface area (Å²) in [4.78, 5) is 69.2. The van der Waals surface area contributed by atoms with E-state index in [0.717, 1.165) is 54.9 Å². The van der Waals surface area contributed by atoms with Gasteiger partial charge in [0.15, 0.2) is 11.6 Å². The first-order chi connectivity index (χ1) is 35.3. The highest BCUT2D eigenvalue weighted by molar-refractivity contribution is 7.15. The quantitative estimate of drug-likeness (QED) is 0.0944. The van der Waals surface area contributed by atoms with Crippen LogP contribution in [-0.4, -0.2) is 89.8 Å². The molecule has 74 heavy (non-hydrogen) atoms. The van der Waals surface area contributed by atoms with Crippen LogP contribution < -0.4 is 15.4 Å². The summed E-state index contributed by atoms with van der Waals surface area (Å²) in [5.41, 5.74) is 8.27. The molecule has 3 aromatic carbocycles. The number of carbonyl (C=O) groups is 4. The number of aromatic nitrogens is 4. The van der Waals surface area contributed by atoms with Crippen LogP contribution in [0.5, 0.6) is 5.75 Å². The number of amides is 3. The van der Waals surface area contributed by atoms with E-state index in [2.05, 4.69) is 44.2 Å². The van der Waals surface area contributed by atoms with E-state index in [9.17, 15) is 24.3 Å². The Balaban J connectivity index is 0.754. The number of hydrogen-bond donors (Lipinski definition) is 3. The van der Waals surface area contributed by atoms with Crippen molar-refractivity contribution in [3.8, 4) is 21.2 Å². The van der Waals surface area contributed by atoms with E-state index in [1.165, 1.54) is 9.78 Å². The van der Waals surface area contributed by atoms with Crippen molar-refractivity contribution in [1.29, 1.82) is 0 Å². The van der Waals surface area contributed by atoms with Gasteiger partial charge in [0.25, 0.3) is 5.91 Å². The van der Waals surface area contributed by atoms with E-state index in [1.54, 1.807) is 40.9 Å². The van der Waals surface area contributed by atoms with Crippen LogP contribution in [0.1, 0.15) is 127 Å². The number of likely N-dealkylation sites (tertiary alicyclic amines) is 1. The summed E-state index contributed by atoms with van der Waals surface area (Å²) in [5, 5.41) is 28.0. The third-order valence-electron chi connectivity index (χ3n) is 14.5. The van der Waals surface area contributed by atoms with E-state index in [-0.39, 0.29) is 54.9 Å². The predicted molar refractivity (Wildman–Crippen MR) is 287 cm³/mol. The zero-order chi connectivity index (χ0) is 52.3. The predicted octanol–water partition coefficient (Wildman–Crippen LogP) is 10.2. The van der Waals surface area contributed by atoms with Gasteiger partial charge in [0.05, 0.1) is 40.0 Å². The van der Waals surface area contributed by atoms with Gasteiger partial charge in [-0.2, -0.15) is 0 Å². The summed E-state index contributed by atoms with van der Waals surface area (Å²) in [6.07, 6.45) is 1.05. The minimum Gasteiger partial charge on any atom is -0.490 e. The maximum atomic E-state index is 14.4. The molecule has 1 saturated carbocycles. The molecule has 18 heteroatoms. The van der Waals surface area contributed by atoms with Crippen LogP contribution in [0, 0.1) is 39.0 Å². The van der Waals surface area contributed by atoms with Crippen LogP contribution in [0.3, 0.4) is 0 Å². The van der Waals surface area contributed by atoms with Crippen LogP contribution >= 0.6 is 34.3 Å². The standard InChI is InChI=1S/C56H59ClN8O7S2/c1-28-31(4)74-55-47(28)48(35-13-15-38(57)16-14-35)60-43(51-63-62-32(5)65(51)55)24-39(66)19-33-20-42(21-33)71-41-17-18-45-37(22-41)23-46(72-45)53(69)61-50(56(6,7)8)54(70)64-26-40(67)25-44(64)52(68)59-29(2)34-9-11-36(12-10-34)49-30(3)58-27-73-49/h9-18,22-23,27,29,33,40,42-44,50,67H,19-21,24-26H2,1-8H3,(H,59,68)(H,61,69)/t29-,33?,40-,42?,43-,44+,50+/m0/s1. The monoisotopic (exact) mass is 1050 g/mol. The van der Waals surface area contributed by atoms with Crippen LogP contribution in [0.4, 0.5) is 0 Å². The molecule has 2 aliphatic heterocycles. The summed E-state index contributed by atoms with van der Waals surface area (Å²) in [5.74, 6) is 0.789. The smallest absolute Gasteiger partial charge is 0.287 e. The van der Waals surface area contributed by atoms with Crippen molar-refractivity contribution < 1.29 is 33.4 Å². The van der Waals surface area contributed by atoms with Crippen molar-refractivity contribution >= 4 is 74.5 Å². The molecule has 6 heterocycles. The molecular formula is C56H59ClN8O7S2. The molecule has 10 rings (SSSR count). The molecule has 3 N–H and O–H groups in total. The lowest BCUT2D eigenvalue weighted by atomic mass is 9.78. The normalized spacial score (nSPS) is 20.2. The largest absolute Gasteiger partial charge is 0.490 e. The number of hydrogen-bond acceptors (Lipinski definition) is 13. The van der Waals surface area contributed by atoms with Crippen molar-refractivity contribution in [3.05, 3.63) is 134 Å². The van der Waals surface area contributed by atoms with Crippen molar-refractivity contribution in [1.82, 2.24) is 35.3 Å². The van der Waals surface area contributed by atoms with Crippen molar-refractivity contribution in [3.63, 3.8) is 0 Å². The second-order valence-corrected chi connectivity index (χ2v) is 23.5. The highest BCUT2D eigenvalue weighted by Gasteiger charge is 2.45. The summed E-state index contributed by atoms with van der Waals surface area (Å²) in [6.45, 7) is 15.4. The Morgan fingerprint density at radius 3 is 2.35 bits per heavy atom. The Bertz CT molecular complexity index is 3330. The Morgan fingerprint density at radius 2 is 1.65 bits per heavy atom. The fourth-order valence-electron chi connectivity index (χ4n) is 10.3. The third-order valence-corrected chi connectivity index (χ3v) is 17.0. The molecule has 0 spiro atoms. The molecule has 15 nitrogen and oxygen atoms in total.